The van der Waals surface area contributed by atoms with Gasteiger partial charge < -0.3 is 5.32 Å². The molecule has 3 nitrogen and oxygen atoms in total. The second-order valence-corrected chi connectivity index (χ2v) is 6.67. The Morgan fingerprint density at radius 3 is 2.33 bits per heavy atom. The van der Waals surface area contributed by atoms with Gasteiger partial charge in [0, 0.05) is 12.0 Å². The molecule has 2 atom stereocenters. The van der Waals surface area contributed by atoms with Crippen molar-refractivity contribution < 1.29 is 9.59 Å². The van der Waals surface area contributed by atoms with Gasteiger partial charge >= 0.3 is 6.15 Å². The van der Waals surface area contributed by atoms with Gasteiger partial charge in [-0.25, -0.2) is 0 Å². The summed E-state index contributed by atoms with van der Waals surface area (Å²) >= 11 is 12.2. The molecule has 0 saturated heterocycles. The first-order chi connectivity index (χ1) is 11.5. The monoisotopic (exact) mass is 363 g/mol. The Morgan fingerprint density at radius 2 is 1.71 bits per heavy atom. The first-order valence-corrected chi connectivity index (χ1v) is 8.49. The van der Waals surface area contributed by atoms with E-state index in [1.54, 1.807) is 0 Å². The topological polar surface area (TPSA) is 46.2 Å². The van der Waals surface area contributed by atoms with Crippen LogP contribution in [0, 0.1) is 6.92 Å². The molecule has 1 N–H and O–H groups in total. The van der Waals surface area contributed by atoms with E-state index in [2.05, 4.69) is 36.5 Å². The lowest BCUT2D eigenvalue weighted by Crippen LogP contribution is -2.24. The standard InChI is InChI=1S/C18H19Cl2N.CO2/c1-11-3-5-14-13(6-8-18(21-2)15(14)9-11)12-4-7-16(19)17(20)10-12;2-1-3/h3-5,7,9-10,13,18,21H,6,8H2,1-2H3;/t13-,18-;/m0./s1. The highest BCUT2D eigenvalue weighted by Gasteiger charge is 2.27. The summed E-state index contributed by atoms with van der Waals surface area (Å²) in [4.78, 5) is 16.2. The van der Waals surface area contributed by atoms with Crippen LogP contribution in [0.4, 0.5) is 0 Å². The molecule has 126 valence electrons. The fourth-order valence-electron chi connectivity index (χ4n) is 3.33. The Bertz CT molecular complexity index is 755. The zero-order valence-corrected chi connectivity index (χ0v) is 15.1. The highest BCUT2D eigenvalue weighted by atomic mass is 35.5. The first kappa shape index (κ1) is 18.7. The van der Waals surface area contributed by atoms with E-state index in [0.29, 0.717) is 22.0 Å². The van der Waals surface area contributed by atoms with Crippen molar-refractivity contribution in [1.82, 2.24) is 5.32 Å². The third kappa shape index (κ3) is 4.06. The average Bonchev–Trinajstić information content (AvgIpc) is 2.57. The normalized spacial score (nSPS) is 18.8. The van der Waals surface area contributed by atoms with Gasteiger partial charge in [-0.05, 0) is 55.6 Å². The average molecular weight is 364 g/mol. The van der Waals surface area contributed by atoms with Gasteiger partial charge in [-0.1, -0.05) is 53.0 Å². The number of hydrogen-bond acceptors (Lipinski definition) is 3. The summed E-state index contributed by atoms with van der Waals surface area (Å²) in [5, 5.41) is 4.69. The zero-order valence-electron chi connectivity index (χ0n) is 13.6. The molecule has 0 amide bonds. The molecule has 0 spiro atoms. The second-order valence-electron chi connectivity index (χ2n) is 5.86. The number of benzene rings is 2. The fourth-order valence-corrected chi connectivity index (χ4v) is 3.64. The van der Waals surface area contributed by atoms with Crippen LogP contribution in [0.3, 0.4) is 0 Å². The van der Waals surface area contributed by atoms with Crippen LogP contribution in [-0.4, -0.2) is 13.2 Å². The van der Waals surface area contributed by atoms with Gasteiger partial charge in [0.2, 0.25) is 0 Å². The summed E-state index contributed by atoms with van der Waals surface area (Å²) in [7, 11) is 2.04. The van der Waals surface area contributed by atoms with Crippen molar-refractivity contribution in [3.05, 3.63) is 68.7 Å². The van der Waals surface area contributed by atoms with Crippen molar-refractivity contribution in [3.63, 3.8) is 0 Å². The van der Waals surface area contributed by atoms with Gasteiger partial charge in [0.05, 0.1) is 10.0 Å². The highest BCUT2D eigenvalue weighted by molar-refractivity contribution is 6.42. The molecule has 0 bridgehead atoms. The molecule has 24 heavy (non-hydrogen) atoms. The van der Waals surface area contributed by atoms with E-state index in [1.165, 1.54) is 22.3 Å². The van der Waals surface area contributed by atoms with Crippen LogP contribution in [0.25, 0.3) is 0 Å². The lowest BCUT2D eigenvalue weighted by molar-refractivity contribution is -0.191. The number of rotatable bonds is 2. The van der Waals surface area contributed by atoms with Crippen LogP contribution < -0.4 is 5.32 Å². The maximum atomic E-state index is 8.12. The Balaban J connectivity index is 0.000000647. The molecule has 0 saturated carbocycles. The molecule has 1 aliphatic rings. The van der Waals surface area contributed by atoms with Crippen LogP contribution in [0.15, 0.2) is 36.4 Å². The van der Waals surface area contributed by atoms with E-state index in [-0.39, 0.29) is 6.15 Å². The number of carbonyl (C=O) groups excluding carboxylic acids is 2. The Labute approximate surface area is 152 Å². The Kier molecular flexibility index (Phi) is 6.59. The minimum absolute atomic E-state index is 0.250. The van der Waals surface area contributed by atoms with E-state index in [0.717, 1.165) is 12.8 Å². The van der Waals surface area contributed by atoms with Crippen LogP contribution in [0.5, 0.6) is 0 Å². The number of fused-ring (bicyclic) bond motifs is 1. The molecule has 0 aromatic heterocycles. The minimum atomic E-state index is 0.250. The molecule has 5 heteroatoms. The molecule has 0 aliphatic heterocycles. The molecule has 1 aliphatic carbocycles. The van der Waals surface area contributed by atoms with Crippen molar-refractivity contribution in [3.8, 4) is 0 Å². The van der Waals surface area contributed by atoms with Crippen LogP contribution in [0.2, 0.25) is 10.0 Å². The third-order valence-electron chi connectivity index (χ3n) is 4.43. The summed E-state index contributed by atoms with van der Waals surface area (Å²) < 4.78 is 0. The second kappa shape index (κ2) is 8.46. The Hall–Kier alpha value is -1.64. The molecular formula is C19H19Cl2NO2. The van der Waals surface area contributed by atoms with Gasteiger partial charge in [-0.3, -0.25) is 0 Å². The van der Waals surface area contributed by atoms with Crippen molar-refractivity contribution in [2.75, 3.05) is 7.05 Å². The van der Waals surface area contributed by atoms with Crippen molar-refractivity contribution in [2.45, 2.75) is 31.7 Å². The largest absolute Gasteiger partial charge is 0.373 e. The summed E-state index contributed by atoms with van der Waals surface area (Å²) in [6.45, 7) is 2.15. The van der Waals surface area contributed by atoms with E-state index >= 15 is 0 Å². The maximum absolute atomic E-state index is 8.12. The maximum Gasteiger partial charge on any atom is 0.373 e. The number of hydrogen-bond donors (Lipinski definition) is 1. The smallest absolute Gasteiger partial charge is 0.313 e. The van der Waals surface area contributed by atoms with Gasteiger partial charge in [-0.15, -0.1) is 0 Å². The highest BCUT2D eigenvalue weighted by Crippen LogP contribution is 2.42. The Morgan fingerprint density at radius 1 is 1.00 bits per heavy atom. The van der Waals surface area contributed by atoms with E-state index < -0.39 is 0 Å². The zero-order chi connectivity index (χ0) is 17.7. The molecule has 0 fully saturated rings. The molecule has 0 unspecified atom stereocenters. The number of aryl methyl sites for hydroxylation is 1. The summed E-state index contributed by atoms with van der Waals surface area (Å²) in [5.74, 6) is 0.403. The first-order valence-electron chi connectivity index (χ1n) is 7.73. The van der Waals surface area contributed by atoms with Crippen LogP contribution in [-0.2, 0) is 9.59 Å². The van der Waals surface area contributed by atoms with E-state index in [9.17, 15) is 0 Å². The predicted molar refractivity (Wildman–Crippen MR) is 95.5 cm³/mol. The fraction of sp³-hybridized carbons (Fsp3) is 0.316. The molecule has 2 aromatic carbocycles. The molecular weight excluding hydrogens is 345 g/mol. The summed E-state index contributed by atoms with van der Waals surface area (Å²) in [6.07, 6.45) is 2.51. The van der Waals surface area contributed by atoms with E-state index in [4.69, 9.17) is 32.8 Å². The lowest BCUT2D eigenvalue weighted by Gasteiger charge is -2.32. The van der Waals surface area contributed by atoms with Crippen molar-refractivity contribution >= 4 is 29.4 Å². The molecule has 3 rings (SSSR count). The van der Waals surface area contributed by atoms with Gasteiger partial charge in [0.1, 0.15) is 0 Å². The number of halogens is 2. The van der Waals surface area contributed by atoms with Gasteiger partial charge in [0.25, 0.3) is 0 Å². The van der Waals surface area contributed by atoms with Crippen molar-refractivity contribution in [2.24, 2.45) is 0 Å². The summed E-state index contributed by atoms with van der Waals surface area (Å²) in [5.41, 5.74) is 5.39. The molecule has 2 aromatic rings. The van der Waals surface area contributed by atoms with Crippen LogP contribution in [0.1, 0.15) is 47.1 Å². The SMILES string of the molecule is CN[C@H]1CC[C@@H](c2ccc(Cl)c(Cl)c2)c2ccc(C)cc21.O=C=O. The minimum Gasteiger partial charge on any atom is -0.313 e. The van der Waals surface area contributed by atoms with Gasteiger partial charge in [0.15, 0.2) is 0 Å². The summed E-state index contributed by atoms with van der Waals surface area (Å²) in [6, 6.07) is 13.2. The lowest BCUT2D eigenvalue weighted by atomic mass is 9.76. The quantitative estimate of drug-likeness (QED) is 0.824. The third-order valence-corrected chi connectivity index (χ3v) is 5.17. The molecule has 0 radical (unpaired) electrons. The van der Waals surface area contributed by atoms with Crippen LogP contribution >= 0.6 is 23.2 Å². The predicted octanol–water partition coefficient (Wildman–Crippen LogP) is 4.90. The van der Waals surface area contributed by atoms with E-state index in [1.807, 2.05) is 19.2 Å². The number of nitrogens with one attached hydrogen (secondary N) is 1. The van der Waals surface area contributed by atoms with Gasteiger partial charge in [-0.2, -0.15) is 9.59 Å². The van der Waals surface area contributed by atoms with Crippen molar-refractivity contribution in [1.29, 1.82) is 0 Å². The molecule has 0 heterocycles.